The molecule has 0 spiro atoms. The zero-order valence-electron chi connectivity index (χ0n) is 15.3. The predicted octanol–water partition coefficient (Wildman–Crippen LogP) is 1.22. The zero-order chi connectivity index (χ0) is 20.2. The van der Waals surface area contributed by atoms with Crippen LogP contribution in [0, 0.1) is 0 Å². The van der Waals surface area contributed by atoms with Gasteiger partial charge in [-0.05, 0) is 25.0 Å². The van der Waals surface area contributed by atoms with E-state index >= 15 is 0 Å². The predicted molar refractivity (Wildman–Crippen MR) is 102 cm³/mol. The fraction of sp³-hybridized carbons (Fsp3) is 0.333. The topological polar surface area (TPSA) is 121 Å². The van der Waals surface area contributed by atoms with Gasteiger partial charge in [-0.1, -0.05) is 60.7 Å². The van der Waals surface area contributed by atoms with Crippen LogP contribution in [0.1, 0.15) is 25.0 Å². The molecule has 6 nitrogen and oxygen atoms in total. The third-order valence-corrected chi connectivity index (χ3v) is 5.02. The first kappa shape index (κ1) is 21.1. The molecule has 2 aromatic rings. The van der Waals surface area contributed by atoms with E-state index in [0.717, 1.165) is 13.8 Å². The monoisotopic (exact) mass is 374 g/mol. The maximum Gasteiger partial charge on any atom is 0.143 e. The minimum Gasteiger partial charge on any atom is -0.509 e. The number of benzene rings is 2. The van der Waals surface area contributed by atoms with Crippen LogP contribution in [0.2, 0.25) is 0 Å². The van der Waals surface area contributed by atoms with Crippen LogP contribution >= 0.6 is 0 Å². The van der Waals surface area contributed by atoms with Crippen molar-refractivity contribution in [3.63, 3.8) is 0 Å². The number of hydrogen-bond acceptors (Lipinski definition) is 6. The van der Waals surface area contributed by atoms with Gasteiger partial charge in [-0.25, -0.2) is 0 Å². The van der Waals surface area contributed by atoms with Crippen LogP contribution in [0.3, 0.4) is 0 Å². The normalized spacial score (nSPS) is 18.0. The van der Waals surface area contributed by atoms with E-state index in [-0.39, 0.29) is 5.57 Å². The van der Waals surface area contributed by atoms with Crippen molar-refractivity contribution in [1.82, 2.24) is 0 Å². The molecule has 0 saturated heterocycles. The molecule has 0 aliphatic heterocycles. The SMILES string of the molecule is CC(O)(C(O)CO)C(C)(O)C(O)C(O)=C(c1ccccc1)c1ccccc1. The molecule has 4 unspecified atom stereocenters. The molecule has 0 aromatic heterocycles. The van der Waals surface area contributed by atoms with Gasteiger partial charge in [-0.15, -0.1) is 0 Å². The van der Waals surface area contributed by atoms with Crippen LogP contribution in [-0.2, 0) is 0 Å². The number of rotatable bonds is 7. The van der Waals surface area contributed by atoms with Gasteiger partial charge in [-0.2, -0.15) is 0 Å². The summed E-state index contributed by atoms with van der Waals surface area (Å²) in [7, 11) is 0. The molecular weight excluding hydrogens is 348 g/mol. The van der Waals surface area contributed by atoms with Crippen molar-refractivity contribution >= 4 is 5.57 Å². The van der Waals surface area contributed by atoms with Gasteiger partial charge in [0, 0.05) is 5.57 Å². The van der Waals surface area contributed by atoms with E-state index < -0.39 is 35.8 Å². The summed E-state index contributed by atoms with van der Waals surface area (Å²) in [6, 6.07) is 17.6. The van der Waals surface area contributed by atoms with Crippen LogP contribution in [-0.4, -0.2) is 60.7 Å². The molecular formula is C21H26O6. The van der Waals surface area contributed by atoms with Crippen LogP contribution in [0.25, 0.3) is 5.57 Å². The lowest BCUT2D eigenvalue weighted by molar-refractivity contribution is -0.225. The van der Waals surface area contributed by atoms with Crippen LogP contribution < -0.4 is 0 Å². The maximum absolute atomic E-state index is 10.9. The quantitative estimate of drug-likeness (QED) is 0.405. The van der Waals surface area contributed by atoms with E-state index in [1.807, 2.05) is 0 Å². The van der Waals surface area contributed by atoms with E-state index in [1.54, 1.807) is 60.7 Å². The highest BCUT2D eigenvalue weighted by atomic mass is 16.4. The fourth-order valence-corrected chi connectivity index (χ4v) is 2.87. The minimum atomic E-state index is -2.37. The largest absolute Gasteiger partial charge is 0.509 e. The molecule has 27 heavy (non-hydrogen) atoms. The first-order valence-corrected chi connectivity index (χ1v) is 8.60. The standard InChI is InChI=1S/C21H26O6/c1-20(26,16(23)13-22)21(2,27)19(25)18(24)17(14-9-5-3-6-10-14)15-11-7-4-8-12-15/h3-12,16,19,22-27H,13H2,1-2H3. The van der Waals surface area contributed by atoms with Crippen LogP contribution in [0.4, 0.5) is 0 Å². The van der Waals surface area contributed by atoms with Gasteiger partial charge in [0.05, 0.1) is 6.61 Å². The first-order valence-electron chi connectivity index (χ1n) is 8.60. The van der Waals surface area contributed by atoms with E-state index in [9.17, 15) is 25.5 Å². The summed E-state index contributed by atoms with van der Waals surface area (Å²) in [6.45, 7) is 1.33. The Bertz CT molecular complexity index is 726. The van der Waals surface area contributed by atoms with Gasteiger partial charge in [0.2, 0.25) is 0 Å². The summed E-state index contributed by atoms with van der Waals surface area (Å²) < 4.78 is 0. The molecule has 0 aliphatic rings. The molecule has 146 valence electrons. The Kier molecular flexibility index (Phi) is 6.41. The molecule has 2 aromatic carbocycles. The number of aliphatic hydroxyl groups excluding tert-OH is 4. The van der Waals surface area contributed by atoms with Crippen molar-refractivity contribution in [2.24, 2.45) is 0 Å². The molecule has 0 heterocycles. The lowest BCUT2D eigenvalue weighted by Gasteiger charge is -2.43. The zero-order valence-corrected chi connectivity index (χ0v) is 15.3. The van der Waals surface area contributed by atoms with Crippen molar-refractivity contribution in [2.75, 3.05) is 6.61 Å². The molecule has 6 heteroatoms. The van der Waals surface area contributed by atoms with Gasteiger partial charge in [0.15, 0.2) is 0 Å². The fourth-order valence-electron chi connectivity index (χ4n) is 2.87. The number of hydrogen-bond donors (Lipinski definition) is 6. The molecule has 2 rings (SSSR count). The van der Waals surface area contributed by atoms with Gasteiger partial charge in [0.1, 0.15) is 29.2 Å². The van der Waals surface area contributed by atoms with Crippen LogP contribution in [0.5, 0.6) is 0 Å². The van der Waals surface area contributed by atoms with E-state index in [4.69, 9.17) is 5.11 Å². The summed E-state index contributed by atoms with van der Waals surface area (Å²) in [5.41, 5.74) is -3.20. The third kappa shape index (κ3) is 4.05. The maximum atomic E-state index is 10.9. The summed E-state index contributed by atoms with van der Waals surface area (Å²) in [6.07, 6.45) is -3.67. The second-order valence-corrected chi connectivity index (χ2v) is 6.89. The van der Waals surface area contributed by atoms with Crippen molar-refractivity contribution in [3.8, 4) is 0 Å². The van der Waals surface area contributed by atoms with E-state index in [2.05, 4.69) is 0 Å². The van der Waals surface area contributed by atoms with Crippen molar-refractivity contribution in [2.45, 2.75) is 37.3 Å². The Morgan fingerprint density at radius 2 is 1.22 bits per heavy atom. The van der Waals surface area contributed by atoms with Gasteiger partial charge < -0.3 is 30.6 Å². The van der Waals surface area contributed by atoms with Crippen LogP contribution in [0.15, 0.2) is 66.4 Å². The first-order chi connectivity index (χ1) is 12.6. The summed E-state index contributed by atoms with van der Waals surface area (Å²) in [4.78, 5) is 0. The van der Waals surface area contributed by atoms with E-state index in [0.29, 0.717) is 11.1 Å². The average molecular weight is 374 g/mol. The molecule has 4 atom stereocenters. The molecule has 0 fully saturated rings. The molecule has 0 radical (unpaired) electrons. The highest BCUT2D eigenvalue weighted by Gasteiger charge is 2.53. The molecule has 0 saturated carbocycles. The second kappa shape index (κ2) is 8.21. The Labute approximate surface area is 158 Å². The van der Waals surface area contributed by atoms with Crippen molar-refractivity contribution in [1.29, 1.82) is 0 Å². The highest BCUT2D eigenvalue weighted by Crippen LogP contribution is 2.35. The molecule has 0 bridgehead atoms. The van der Waals surface area contributed by atoms with Gasteiger partial charge >= 0.3 is 0 Å². The van der Waals surface area contributed by atoms with Gasteiger partial charge in [-0.3, -0.25) is 0 Å². The van der Waals surface area contributed by atoms with E-state index in [1.165, 1.54) is 0 Å². The molecule has 0 amide bonds. The Morgan fingerprint density at radius 1 is 0.815 bits per heavy atom. The van der Waals surface area contributed by atoms with Gasteiger partial charge in [0.25, 0.3) is 0 Å². The minimum absolute atomic E-state index is 0.276. The Balaban J connectivity index is 2.61. The highest BCUT2D eigenvalue weighted by molar-refractivity contribution is 5.81. The lowest BCUT2D eigenvalue weighted by atomic mass is 9.76. The number of aliphatic hydroxyl groups is 6. The summed E-state index contributed by atoms with van der Waals surface area (Å²) in [5, 5.41) is 61.8. The summed E-state index contributed by atoms with van der Waals surface area (Å²) >= 11 is 0. The summed E-state index contributed by atoms with van der Waals surface area (Å²) in [5.74, 6) is -0.567. The third-order valence-electron chi connectivity index (χ3n) is 5.02. The Hall–Kier alpha value is -2.22. The molecule has 6 N–H and O–H groups in total. The van der Waals surface area contributed by atoms with Crippen molar-refractivity contribution < 1.29 is 30.6 Å². The lowest BCUT2D eigenvalue weighted by Crippen LogP contribution is -2.64. The molecule has 0 aliphatic carbocycles. The second-order valence-electron chi connectivity index (χ2n) is 6.89. The van der Waals surface area contributed by atoms with Crippen molar-refractivity contribution in [3.05, 3.63) is 77.5 Å². The Morgan fingerprint density at radius 3 is 1.59 bits per heavy atom. The smallest absolute Gasteiger partial charge is 0.143 e. The average Bonchev–Trinajstić information content (AvgIpc) is 2.68.